The molecule has 9 nitrogen and oxygen atoms in total. The van der Waals surface area contributed by atoms with Crippen molar-refractivity contribution in [2.24, 2.45) is 7.05 Å². The van der Waals surface area contributed by atoms with Crippen LogP contribution in [0.15, 0.2) is 84.9 Å². The summed E-state index contributed by atoms with van der Waals surface area (Å²) in [5.41, 5.74) is 8.05. The molecule has 11 heteroatoms. The highest BCUT2D eigenvalue weighted by molar-refractivity contribution is 5.77. The van der Waals surface area contributed by atoms with Crippen LogP contribution in [0.5, 0.6) is 23.0 Å². The quantitative estimate of drug-likeness (QED) is 0.168. The van der Waals surface area contributed by atoms with Crippen molar-refractivity contribution < 1.29 is 32.9 Å². The molecule has 1 aromatic heterocycles. The Balaban J connectivity index is 0.000000204. The molecule has 0 saturated carbocycles. The maximum absolute atomic E-state index is 13.6. The summed E-state index contributed by atoms with van der Waals surface area (Å²) in [4.78, 5) is 16.0. The summed E-state index contributed by atoms with van der Waals surface area (Å²) in [6, 6.07) is 22.6. The largest absolute Gasteiger partial charge is 0.454 e. The second kappa shape index (κ2) is 13.9. The number of aliphatic hydroxyl groups excluding tert-OH is 1. The summed E-state index contributed by atoms with van der Waals surface area (Å²) in [5.74, 6) is 0.953. The van der Waals surface area contributed by atoms with Gasteiger partial charge >= 0.3 is 6.09 Å². The number of hydrogen-bond acceptors (Lipinski definition) is 7. The number of carbonyl (C=O) groups excluding carboxylic acids is 1. The number of hydrogen-bond donors (Lipinski definition) is 3. The van der Waals surface area contributed by atoms with E-state index in [1.54, 1.807) is 92.1 Å². The second-order valence-corrected chi connectivity index (χ2v) is 10.7. The Morgan fingerprint density at radius 2 is 1.48 bits per heavy atom. The zero-order valence-corrected chi connectivity index (χ0v) is 24.8. The monoisotopic (exact) mass is 604 g/mol. The van der Waals surface area contributed by atoms with Crippen molar-refractivity contribution in [1.29, 1.82) is 0 Å². The number of carbonyl (C=O) groups is 1. The molecule has 5 aromatic rings. The fourth-order valence-electron chi connectivity index (χ4n) is 4.01. The summed E-state index contributed by atoms with van der Waals surface area (Å²) >= 11 is 0. The number of aryl methyl sites for hydroxylation is 1. The van der Waals surface area contributed by atoms with Gasteiger partial charge in [-0.05, 0) is 80.9 Å². The first kappa shape index (κ1) is 31.8. The molecular formula is C33H34F2N4O5. The zero-order chi connectivity index (χ0) is 31.9. The van der Waals surface area contributed by atoms with E-state index in [1.807, 2.05) is 7.05 Å². The Hall–Kier alpha value is -5.16. The van der Waals surface area contributed by atoms with Gasteiger partial charge in [-0.3, -0.25) is 0 Å². The fraction of sp³-hybridized carbons (Fsp3) is 0.212. The predicted octanol–water partition coefficient (Wildman–Crippen LogP) is 7.22. The standard InChI is InChI=1S/C18H21FN2O3.C15H13FN2O2/c1-18(2,3)24-17(22)21-11-12-10-13(8-9-15(12)20)23-16-7-5-4-6-14(16)19;1-18-13-8-10(6-7-12(13)17-15(18)9-19)20-14-5-3-2-4-11(14)16/h4-10H,11,20H2,1-3H3,(H,21,22);2-8,19H,9H2,1H3. The van der Waals surface area contributed by atoms with Crippen LogP contribution < -0.4 is 20.5 Å². The smallest absolute Gasteiger partial charge is 0.407 e. The Morgan fingerprint density at radius 1 is 0.909 bits per heavy atom. The van der Waals surface area contributed by atoms with Crippen molar-refractivity contribution in [2.45, 2.75) is 39.5 Å². The van der Waals surface area contributed by atoms with Crippen LogP contribution >= 0.6 is 0 Å². The third-order valence-electron chi connectivity index (χ3n) is 6.15. The van der Waals surface area contributed by atoms with Crippen LogP contribution in [0.4, 0.5) is 19.3 Å². The van der Waals surface area contributed by atoms with Crippen molar-refractivity contribution in [1.82, 2.24) is 14.9 Å². The first-order chi connectivity index (χ1) is 20.9. The lowest BCUT2D eigenvalue weighted by Gasteiger charge is -2.20. The number of nitrogen functional groups attached to an aromatic ring is 1. The lowest BCUT2D eigenvalue weighted by Crippen LogP contribution is -2.32. The minimum Gasteiger partial charge on any atom is -0.454 e. The van der Waals surface area contributed by atoms with Gasteiger partial charge < -0.3 is 34.9 Å². The molecule has 0 fully saturated rings. The third-order valence-corrected chi connectivity index (χ3v) is 6.15. The lowest BCUT2D eigenvalue weighted by molar-refractivity contribution is 0.0523. The molecule has 230 valence electrons. The van der Waals surface area contributed by atoms with Gasteiger partial charge in [0, 0.05) is 25.3 Å². The number of fused-ring (bicyclic) bond motifs is 1. The average Bonchev–Trinajstić information content (AvgIpc) is 3.30. The average molecular weight is 605 g/mol. The Bertz CT molecular complexity index is 1750. The normalized spacial score (nSPS) is 11.0. The van der Waals surface area contributed by atoms with E-state index >= 15 is 0 Å². The number of anilines is 1. The molecule has 0 saturated heterocycles. The van der Waals surface area contributed by atoms with Crippen molar-refractivity contribution in [2.75, 3.05) is 5.73 Å². The number of rotatable bonds is 7. The first-order valence-corrected chi connectivity index (χ1v) is 13.7. The molecule has 1 amide bonds. The minimum atomic E-state index is -0.578. The number of ether oxygens (including phenoxy) is 3. The molecule has 0 aliphatic rings. The van der Waals surface area contributed by atoms with Crippen molar-refractivity contribution in [3.05, 3.63) is 108 Å². The number of nitrogens with one attached hydrogen (secondary N) is 1. The van der Waals surface area contributed by atoms with Gasteiger partial charge in [0.2, 0.25) is 0 Å². The lowest BCUT2D eigenvalue weighted by atomic mass is 10.1. The molecule has 4 N–H and O–H groups in total. The van der Waals surface area contributed by atoms with Crippen molar-refractivity contribution in [3.63, 3.8) is 0 Å². The SMILES string of the molecule is CC(C)(C)OC(=O)NCc1cc(Oc2ccccc2F)ccc1N.Cn1c(CO)nc2ccc(Oc3ccccc3F)cc21. The van der Waals surface area contributed by atoms with Gasteiger partial charge in [-0.15, -0.1) is 0 Å². The number of imidazole rings is 1. The number of nitrogens with zero attached hydrogens (tertiary/aromatic N) is 2. The first-order valence-electron chi connectivity index (χ1n) is 13.7. The summed E-state index contributed by atoms with van der Waals surface area (Å²) < 4.78 is 45.2. The molecule has 0 radical (unpaired) electrons. The van der Waals surface area contributed by atoms with E-state index in [2.05, 4.69) is 10.3 Å². The molecule has 0 aliphatic carbocycles. The molecule has 0 aliphatic heterocycles. The number of nitrogens with two attached hydrogens (primary N) is 1. The van der Waals surface area contributed by atoms with E-state index < -0.39 is 23.3 Å². The minimum absolute atomic E-state index is 0.119. The summed E-state index contributed by atoms with van der Waals surface area (Å²) in [5, 5.41) is 11.8. The van der Waals surface area contributed by atoms with E-state index in [1.165, 1.54) is 18.2 Å². The van der Waals surface area contributed by atoms with Crippen LogP contribution in [0.25, 0.3) is 11.0 Å². The topological polar surface area (TPSA) is 121 Å². The number of alkyl carbamates (subject to hydrolysis) is 1. The maximum Gasteiger partial charge on any atom is 0.407 e. The number of aromatic nitrogens is 2. The number of para-hydroxylation sites is 2. The maximum atomic E-state index is 13.6. The zero-order valence-electron chi connectivity index (χ0n) is 24.8. The number of aliphatic hydroxyl groups is 1. The van der Waals surface area contributed by atoms with Gasteiger partial charge in [-0.1, -0.05) is 24.3 Å². The van der Waals surface area contributed by atoms with Gasteiger partial charge in [-0.2, -0.15) is 0 Å². The molecule has 44 heavy (non-hydrogen) atoms. The van der Waals surface area contributed by atoms with Crippen molar-refractivity contribution in [3.8, 4) is 23.0 Å². The fourth-order valence-corrected chi connectivity index (χ4v) is 4.01. The number of amides is 1. The van der Waals surface area contributed by atoms with Gasteiger partial charge in [-0.25, -0.2) is 18.6 Å². The van der Waals surface area contributed by atoms with Crippen LogP contribution in [0, 0.1) is 11.6 Å². The second-order valence-electron chi connectivity index (χ2n) is 10.7. The highest BCUT2D eigenvalue weighted by atomic mass is 19.1. The van der Waals surface area contributed by atoms with Gasteiger partial charge in [0.25, 0.3) is 0 Å². The van der Waals surface area contributed by atoms with Crippen LogP contribution in [-0.2, 0) is 24.9 Å². The third kappa shape index (κ3) is 8.45. The molecule has 0 atom stereocenters. The molecule has 0 bridgehead atoms. The molecule has 4 aromatic carbocycles. The Labute approximate surface area is 253 Å². The van der Waals surface area contributed by atoms with Crippen LogP contribution in [-0.4, -0.2) is 26.4 Å². The molecule has 0 unspecified atom stereocenters. The molecular weight excluding hydrogens is 570 g/mol. The number of halogens is 2. The highest BCUT2D eigenvalue weighted by Gasteiger charge is 2.16. The van der Waals surface area contributed by atoms with E-state index in [9.17, 15) is 18.7 Å². The Kier molecular flexibility index (Phi) is 10.0. The number of benzene rings is 4. The summed E-state index contributed by atoms with van der Waals surface area (Å²) in [6.07, 6.45) is -0.540. The van der Waals surface area contributed by atoms with Crippen molar-refractivity contribution >= 4 is 22.8 Å². The predicted molar refractivity (Wildman–Crippen MR) is 164 cm³/mol. The molecule has 5 rings (SSSR count). The van der Waals surface area contributed by atoms with Gasteiger partial charge in [0.15, 0.2) is 23.1 Å². The molecule has 1 heterocycles. The summed E-state index contributed by atoms with van der Waals surface area (Å²) in [7, 11) is 1.81. The highest BCUT2D eigenvalue weighted by Crippen LogP contribution is 2.28. The summed E-state index contributed by atoms with van der Waals surface area (Å²) in [6.45, 7) is 5.39. The van der Waals surface area contributed by atoms with Gasteiger partial charge in [0.05, 0.1) is 11.0 Å². The Morgan fingerprint density at radius 3 is 2.05 bits per heavy atom. The van der Waals surface area contributed by atoms with Crippen LogP contribution in [0.1, 0.15) is 32.2 Å². The van der Waals surface area contributed by atoms with E-state index in [0.29, 0.717) is 28.6 Å². The van der Waals surface area contributed by atoms with E-state index in [0.717, 1.165) is 11.0 Å². The van der Waals surface area contributed by atoms with Crippen LogP contribution in [0.3, 0.4) is 0 Å². The van der Waals surface area contributed by atoms with E-state index in [4.69, 9.17) is 19.9 Å². The molecule has 0 spiro atoms. The van der Waals surface area contributed by atoms with Gasteiger partial charge in [0.1, 0.15) is 29.5 Å². The van der Waals surface area contributed by atoms with E-state index in [-0.39, 0.29) is 24.7 Å². The van der Waals surface area contributed by atoms with Crippen LogP contribution in [0.2, 0.25) is 0 Å².